The molecule has 0 aliphatic carbocycles. The van der Waals surface area contributed by atoms with Crippen LogP contribution in [0.25, 0.3) is 0 Å². The van der Waals surface area contributed by atoms with Crippen molar-refractivity contribution in [1.82, 2.24) is 25.5 Å². The highest BCUT2D eigenvalue weighted by atomic mass is 16.5. The van der Waals surface area contributed by atoms with Gasteiger partial charge in [0.25, 0.3) is 11.8 Å². The van der Waals surface area contributed by atoms with E-state index in [2.05, 4.69) is 20.6 Å². The average molecular weight is 427 g/mol. The highest BCUT2D eigenvalue weighted by molar-refractivity contribution is 5.95. The molecule has 2 aliphatic heterocycles. The number of carbonyl (C=O) groups excluding carboxylic acids is 3. The standard InChI is InChI=1S/C21H25N5O5/c1-12-2-3-13-8-17(12)31-7-6-22-18(27)9-14-4-5-15(10-23-19(13)28)26(14)20(29)16-11-24-21(30)25-16/h2-3,8,11,14-15H,4-7,9-10H2,1H3,(H,22,27)(H,23,28)(H2,24,25,30)/t14-,15+/m0/s1. The van der Waals surface area contributed by atoms with E-state index in [1.165, 1.54) is 6.20 Å². The first-order valence-electron chi connectivity index (χ1n) is 10.3. The molecular weight excluding hydrogens is 402 g/mol. The van der Waals surface area contributed by atoms with Gasteiger partial charge in [0, 0.05) is 36.8 Å². The van der Waals surface area contributed by atoms with Gasteiger partial charge < -0.3 is 30.2 Å². The Morgan fingerprint density at radius 1 is 1.13 bits per heavy atom. The summed E-state index contributed by atoms with van der Waals surface area (Å²) in [6, 6.07) is 4.59. The molecule has 1 aromatic carbocycles. The van der Waals surface area contributed by atoms with Crippen LogP contribution in [0.3, 0.4) is 0 Å². The van der Waals surface area contributed by atoms with E-state index in [4.69, 9.17) is 4.74 Å². The van der Waals surface area contributed by atoms with Crippen molar-refractivity contribution < 1.29 is 19.1 Å². The number of ether oxygens (including phenoxy) is 1. The van der Waals surface area contributed by atoms with Gasteiger partial charge in [-0.2, -0.15) is 0 Å². The molecule has 1 fully saturated rings. The van der Waals surface area contributed by atoms with Crippen LogP contribution in [0, 0.1) is 6.92 Å². The lowest BCUT2D eigenvalue weighted by molar-refractivity contribution is -0.122. The first-order chi connectivity index (χ1) is 14.9. The SMILES string of the molecule is Cc1ccc2cc1OCCNC(=O)C[C@@H]1CC[C@H](CNC2=O)N1C(=O)c1c[nH]c(=O)[nH]1. The summed E-state index contributed by atoms with van der Waals surface area (Å²) in [6.07, 6.45) is 2.72. The van der Waals surface area contributed by atoms with E-state index in [9.17, 15) is 19.2 Å². The highest BCUT2D eigenvalue weighted by Gasteiger charge is 2.39. The number of fused-ring (bicyclic) bond motifs is 4. The number of hydrogen-bond acceptors (Lipinski definition) is 5. The smallest absolute Gasteiger partial charge is 0.323 e. The first-order valence-corrected chi connectivity index (χ1v) is 10.3. The maximum Gasteiger partial charge on any atom is 0.323 e. The Bertz CT molecular complexity index is 1060. The summed E-state index contributed by atoms with van der Waals surface area (Å²) in [5.41, 5.74) is 1.00. The third-order valence-corrected chi connectivity index (χ3v) is 5.73. The number of carbonyl (C=O) groups is 3. The first kappa shape index (κ1) is 20.7. The van der Waals surface area contributed by atoms with E-state index in [1.54, 1.807) is 17.0 Å². The third kappa shape index (κ3) is 4.47. The van der Waals surface area contributed by atoms with Crippen LogP contribution in [0.1, 0.15) is 45.7 Å². The molecule has 10 heteroatoms. The van der Waals surface area contributed by atoms with Gasteiger partial charge in [-0.25, -0.2) is 4.79 Å². The van der Waals surface area contributed by atoms with Gasteiger partial charge in [0.1, 0.15) is 18.1 Å². The number of aromatic amines is 2. The van der Waals surface area contributed by atoms with E-state index in [0.29, 0.717) is 30.7 Å². The molecule has 0 unspecified atom stereocenters. The van der Waals surface area contributed by atoms with Crippen LogP contribution in [0.2, 0.25) is 0 Å². The molecule has 1 aromatic heterocycles. The molecule has 1 saturated heterocycles. The van der Waals surface area contributed by atoms with Crippen molar-refractivity contribution in [2.45, 2.75) is 38.3 Å². The van der Waals surface area contributed by atoms with Gasteiger partial charge in [-0.15, -0.1) is 0 Å². The van der Waals surface area contributed by atoms with Gasteiger partial charge in [-0.3, -0.25) is 14.4 Å². The molecule has 31 heavy (non-hydrogen) atoms. The second kappa shape index (κ2) is 8.66. The zero-order valence-electron chi connectivity index (χ0n) is 17.2. The van der Waals surface area contributed by atoms with Crippen LogP contribution in [0.5, 0.6) is 5.75 Å². The fraction of sp³-hybridized carbons (Fsp3) is 0.429. The van der Waals surface area contributed by atoms with E-state index in [0.717, 1.165) is 5.56 Å². The normalized spacial score (nSPS) is 22.0. The van der Waals surface area contributed by atoms with Gasteiger partial charge in [0.15, 0.2) is 0 Å². The van der Waals surface area contributed by atoms with Crippen LogP contribution in [-0.2, 0) is 4.79 Å². The van der Waals surface area contributed by atoms with Crippen molar-refractivity contribution in [2.24, 2.45) is 0 Å². The number of nitrogens with zero attached hydrogens (tertiary/aromatic N) is 1. The molecule has 0 spiro atoms. The second-order valence-electron chi connectivity index (χ2n) is 7.85. The average Bonchev–Trinajstić information content (AvgIpc) is 3.35. The molecular formula is C21H25N5O5. The Hall–Kier alpha value is -3.56. The Morgan fingerprint density at radius 3 is 2.71 bits per heavy atom. The predicted molar refractivity (Wildman–Crippen MR) is 111 cm³/mol. The van der Waals surface area contributed by atoms with Crippen molar-refractivity contribution >= 4 is 17.7 Å². The molecule has 3 heterocycles. The Kier molecular flexibility index (Phi) is 5.79. The zero-order valence-corrected chi connectivity index (χ0v) is 17.2. The number of nitrogens with one attached hydrogen (secondary N) is 4. The minimum absolute atomic E-state index is 0.128. The van der Waals surface area contributed by atoms with Crippen molar-refractivity contribution in [1.29, 1.82) is 0 Å². The number of H-pyrrole nitrogens is 2. The lowest BCUT2D eigenvalue weighted by Gasteiger charge is -2.30. The Labute approximate surface area is 178 Å². The highest BCUT2D eigenvalue weighted by Crippen LogP contribution is 2.28. The Morgan fingerprint density at radius 2 is 1.94 bits per heavy atom. The Balaban J connectivity index is 1.61. The van der Waals surface area contributed by atoms with Crippen molar-refractivity contribution in [3.63, 3.8) is 0 Å². The molecule has 3 amide bonds. The van der Waals surface area contributed by atoms with Crippen molar-refractivity contribution in [2.75, 3.05) is 19.7 Å². The quantitative estimate of drug-likeness (QED) is 0.519. The van der Waals surface area contributed by atoms with Crippen LogP contribution in [0.4, 0.5) is 0 Å². The molecule has 2 aliphatic rings. The number of rotatable bonds is 1. The van der Waals surface area contributed by atoms with Gasteiger partial charge in [0.2, 0.25) is 5.91 Å². The van der Waals surface area contributed by atoms with E-state index in [1.807, 2.05) is 13.0 Å². The van der Waals surface area contributed by atoms with Gasteiger partial charge in [-0.05, 0) is 37.5 Å². The molecule has 4 rings (SSSR count). The van der Waals surface area contributed by atoms with Crippen LogP contribution in [-0.4, -0.2) is 64.4 Å². The predicted octanol–water partition coefficient (Wildman–Crippen LogP) is 0.313. The molecule has 2 atom stereocenters. The van der Waals surface area contributed by atoms with Crippen molar-refractivity contribution in [3.05, 3.63) is 51.7 Å². The number of imidazole rings is 1. The number of aryl methyl sites for hydroxylation is 1. The summed E-state index contributed by atoms with van der Waals surface area (Å²) in [6.45, 7) is 2.70. The second-order valence-corrected chi connectivity index (χ2v) is 7.85. The minimum Gasteiger partial charge on any atom is -0.491 e. The summed E-state index contributed by atoms with van der Waals surface area (Å²) in [4.78, 5) is 56.3. The summed E-state index contributed by atoms with van der Waals surface area (Å²) >= 11 is 0. The van der Waals surface area contributed by atoms with E-state index >= 15 is 0 Å². The molecule has 164 valence electrons. The molecule has 0 saturated carbocycles. The summed E-state index contributed by atoms with van der Waals surface area (Å²) in [7, 11) is 0. The number of hydrogen-bond donors (Lipinski definition) is 4. The number of benzene rings is 1. The molecule has 2 aromatic rings. The van der Waals surface area contributed by atoms with Crippen LogP contribution in [0.15, 0.2) is 29.2 Å². The lowest BCUT2D eigenvalue weighted by Crippen LogP contribution is -2.48. The van der Waals surface area contributed by atoms with E-state index in [-0.39, 0.29) is 55.1 Å². The van der Waals surface area contributed by atoms with Crippen molar-refractivity contribution in [3.8, 4) is 5.75 Å². The molecule has 10 nitrogen and oxygen atoms in total. The summed E-state index contributed by atoms with van der Waals surface area (Å²) in [5, 5.41) is 5.72. The zero-order chi connectivity index (χ0) is 22.0. The van der Waals surface area contributed by atoms with Crippen LogP contribution < -0.4 is 21.1 Å². The maximum atomic E-state index is 13.1. The van der Waals surface area contributed by atoms with E-state index < -0.39 is 5.69 Å². The molecule has 4 N–H and O–H groups in total. The van der Waals surface area contributed by atoms with Gasteiger partial charge in [-0.1, -0.05) is 6.07 Å². The summed E-state index contributed by atoms with van der Waals surface area (Å²) < 4.78 is 5.73. The summed E-state index contributed by atoms with van der Waals surface area (Å²) in [5.74, 6) is -0.233. The number of aromatic nitrogens is 2. The molecule has 4 bridgehead atoms. The lowest BCUT2D eigenvalue weighted by atomic mass is 10.1. The topological polar surface area (TPSA) is 136 Å². The minimum atomic E-state index is -0.477. The maximum absolute atomic E-state index is 13.1. The van der Waals surface area contributed by atoms with Gasteiger partial charge in [0.05, 0.1) is 6.54 Å². The largest absolute Gasteiger partial charge is 0.491 e. The fourth-order valence-corrected chi connectivity index (χ4v) is 4.13. The fourth-order valence-electron chi connectivity index (χ4n) is 4.13. The monoisotopic (exact) mass is 427 g/mol. The van der Waals surface area contributed by atoms with Crippen LogP contribution >= 0.6 is 0 Å². The molecule has 0 radical (unpaired) electrons. The number of amides is 3. The third-order valence-electron chi connectivity index (χ3n) is 5.73. The van der Waals surface area contributed by atoms with Gasteiger partial charge >= 0.3 is 5.69 Å².